The SMILES string of the molecule is C=C/C=C(\C)[Si](C(=C)/C=C(C)/C=C\C(=C)C=C)(c1ccccc1)c1ccccc1. The van der Waals surface area contributed by atoms with Gasteiger partial charge in [-0.05, 0) is 29.8 Å². The van der Waals surface area contributed by atoms with Crippen molar-refractivity contribution in [2.24, 2.45) is 0 Å². The van der Waals surface area contributed by atoms with E-state index in [-0.39, 0.29) is 0 Å². The van der Waals surface area contributed by atoms with E-state index >= 15 is 0 Å². The summed E-state index contributed by atoms with van der Waals surface area (Å²) in [6.45, 7) is 20.6. The molecule has 0 heterocycles. The van der Waals surface area contributed by atoms with Crippen molar-refractivity contribution < 1.29 is 0 Å². The highest BCUT2D eigenvalue weighted by Gasteiger charge is 2.40. The summed E-state index contributed by atoms with van der Waals surface area (Å²) in [5.74, 6) is 0. The van der Waals surface area contributed by atoms with Crippen molar-refractivity contribution in [3.8, 4) is 0 Å². The first kappa shape index (κ1) is 22.1. The molecule has 0 aromatic heterocycles. The van der Waals surface area contributed by atoms with Crippen LogP contribution < -0.4 is 10.4 Å². The molecule has 0 amide bonds. The summed E-state index contributed by atoms with van der Waals surface area (Å²) in [6, 6.07) is 21.5. The van der Waals surface area contributed by atoms with Gasteiger partial charge in [-0.15, -0.1) is 0 Å². The van der Waals surface area contributed by atoms with Crippen LogP contribution in [0.5, 0.6) is 0 Å². The number of rotatable bonds is 9. The Labute approximate surface area is 177 Å². The van der Waals surface area contributed by atoms with Gasteiger partial charge in [0, 0.05) is 0 Å². The van der Waals surface area contributed by atoms with Crippen LogP contribution in [0.15, 0.2) is 145 Å². The van der Waals surface area contributed by atoms with Crippen molar-refractivity contribution in [3.63, 3.8) is 0 Å². The van der Waals surface area contributed by atoms with Crippen molar-refractivity contribution >= 4 is 18.4 Å². The molecule has 0 aliphatic carbocycles. The van der Waals surface area contributed by atoms with Crippen LogP contribution in [0.1, 0.15) is 13.8 Å². The molecule has 0 bridgehead atoms. The Morgan fingerprint density at radius 3 is 1.76 bits per heavy atom. The Balaban J connectivity index is 2.75. The molecule has 2 aromatic rings. The van der Waals surface area contributed by atoms with E-state index < -0.39 is 8.07 Å². The normalized spacial score (nSPS) is 12.6. The Morgan fingerprint density at radius 1 is 0.793 bits per heavy atom. The van der Waals surface area contributed by atoms with Gasteiger partial charge in [0.2, 0.25) is 0 Å². The zero-order chi connectivity index (χ0) is 21.3. The second kappa shape index (κ2) is 10.4. The van der Waals surface area contributed by atoms with Gasteiger partial charge in [0.15, 0.2) is 8.07 Å². The summed E-state index contributed by atoms with van der Waals surface area (Å²) < 4.78 is 0. The minimum absolute atomic E-state index is 0.890. The van der Waals surface area contributed by atoms with Crippen LogP contribution in [0.3, 0.4) is 0 Å². The zero-order valence-corrected chi connectivity index (χ0v) is 18.6. The lowest BCUT2D eigenvalue weighted by atomic mass is 10.2. The van der Waals surface area contributed by atoms with Gasteiger partial charge in [-0.2, -0.15) is 0 Å². The van der Waals surface area contributed by atoms with E-state index in [1.165, 1.54) is 15.6 Å². The quantitative estimate of drug-likeness (QED) is 0.348. The smallest absolute Gasteiger partial charge is 0.0991 e. The monoisotopic (exact) mass is 394 g/mol. The summed E-state index contributed by atoms with van der Waals surface area (Å²) in [6.07, 6.45) is 12.0. The van der Waals surface area contributed by atoms with Crippen LogP contribution in [0.25, 0.3) is 0 Å². The van der Waals surface area contributed by atoms with Gasteiger partial charge in [0.1, 0.15) is 0 Å². The summed E-state index contributed by atoms with van der Waals surface area (Å²) in [4.78, 5) is 0. The van der Waals surface area contributed by atoms with E-state index in [0.29, 0.717) is 0 Å². The highest BCUT2D eigenvalue weighted by atomic mass is 28.3. The first-order chi connectivity index (χ1) is 14.0. The third-order valence-electron chi connectivity index (χ3n) is 5.08. The largest absolute Gasteiger partial charge is 0.174 e. The molecular formula is C28H30Si. The number of allylic oxidation sites excluding steroid dienone is 10. The number of benzene rings is 2. The summed E-state index contributed by atoms with van der Waals surface area (Å²) >= 11 is 0. The van der Waals surface area contributed by atoms with Crippen molar-refractivity contribution in [2.75, 3.05) is 0 Å². The van der Waals surface area contributed by atoms with Crippen molar-refractivity contribution in [2.45, 2.75) is 13.8 Å². The summed E-state index contributed by atoms with van der Waals surface area (Å²) in [5, 5.41) is 5.07. The predicted molar refractivity (Wildman–Crippen MR) is 133 cm³/mol. The fourth-order valence-electron chi connectivity index (χ4n) is 3.66. The Bertz CT molecular complexity index is 930. The lowest BCUT2D eigenvalue weighted by Gasteiger charge is -2.35. The topological polar surface area (TPSA) is 0 Å². The molecule has 0 N–H and O–H groups in total. The Morgan fingerprint density at radius 2 is 1.31 bits per heavy atom. The van der Waals surface area contributed by atoms with E-state index in [9.17, 15) is 0 Å². The molecule has 0 saturated carbocycles. The highest BCUT2D eigenvalue weighted by Crippen LogP contribution is 2.25. The second-order valence-corrected chi connectivity index (χ2v) is 11.2. The second-order valence-electron chi connectivity index (χ2n) is 7.09. The van der Waals surface area contributed by atoms with Gasteiger partial charge < -0.3 is 0 Å². The van der Waals surface area contributed by atoms with Crippen molar-refractivity contribution in [1.82, 2.24) is 0 Å². The maximum atomic E-state index is 4.60. The lowest BCUT2D eigenvalue weighted by Crippen LogP contribution is -2.61. The van der Waals surface area contributed by atoms with Gasteiger partial charge in [0.25, 0.3) is 0 Å². The fourth-order valence-corrected chi connectivity index (χ4v) is 8.35. The molecule has 0 nitrogen and oxygen atoms in total. The standard InChI is InChI=1S/C28H30Si/c1-7-15-25(5)29(27-16-11-9-12-17-27,28-18-13-10-14-19-28)26(6)22-24(4)21-20-23(3)8-2/h7-22H,1-3,6H2,4-5H3/b21-20-,24-22+,25-15+. The molecule has 0 atom stereocenters. The predicted octanol–water partition coefficient (Wildman–Crippen LogP) is 6.26. The highest BCUT2D eigenvalue weighted by molar-refractivity contribution is 7.12. The van der Waals surface area contributed by atoms with Crippen LogP contribution in [-0.2, 0) is 0 Å². The molecule has 0 fully saturated rings. The zero-order valence-electron chi connectivity index (χ0n) is 17.6. The minimum Gasteiger partial charge on any atom is -0.0991 e. The van der Waals surface area contributed by atoms with Crippen LogP contribution in [0.4, 0.5) is 0 Å². The molecule has 1 heteroatoms. The van der Waals surface area contributed by atoms with E-state index in [0.717, 1.165) is 16.3 Å². The van der Waals surface area contributed by atoms with E-state index in [1.54, 1.807) is 6.08 Å². The molecule has 0 aliphatic rings. The first-order valence-corrected chi connectivity index (χ1v) is 11.7. The van der Waals surface area contributed by atoms with Gasteiger partial charge >= 0.3 is 0 Å². The Kier molecular flexibility index (Phi) is 7.94. The van der Waals surface area contributed by atoms with Gasteiger partial charge in [0.05, 0.1) is 0 Å². The molecule has 0 saturated heterocycles. The maximum Gasteiger partial charge on any atom is 0.174 e. The average Bonchev–Trinajstić information content (AvgIpc) is 2.74. The first-order valence-electron chi connectivity index (χ1n) is 9.74. The number of hydrogen-bond acceptors (Lipinski definition) is 0. The molecule has 0 spiro atoms. The molecular weight excluding hydrogens is 364 g/mol. The number of hydrogen-bond donors (Lipinski definition) is 0. The average molecular weight is 395 g/mol. The fraction of sp³-hybridized carbons (Fsp3) is 0.0714. The minimum atomic E-state index is -2.46. The molecule has 146 valence electrons. The van der Waals surface area contributed by atoms with Gasteiger partial charge in [-0.3, -0.25) is 0 Å². The maximum absolute atomic E-state index is 4.60. The Hall–Kier alpha value is -3.16. The molecule has 2 aromatic carbocycles. The molecule has 0 unspecified atom stereocenters. The summed E-state index contributed by atoms with van der Waals surface area (Å²) in [5.41, 5.74) is 2.02. The summed E-state index contributed by atoms with van der Waals surface area (Å²) in [7, 11) is -2.46. The van der Waals surface area contributed by atoms with Crippen LogP contribution in [0, 0.1) is 0 Å². The van der Waals surface area contributed by atoms with E-state index in [2.05, 4.69) is 119 Å². The lowest BCUT2D eigenvalue weighted by molar-refractivity contribution is 1.48. The van der Waals surface area contributed by atoms with Crippen LogP contribution in [-0.4, -0.2) is 8.07 Å². The third-order valence-corrected chi connectivity index (χ3v) is 9.94. The molecule has 0 radical (unpaired) electrons. The third kappa shape index (κ3) is 5.01. The van der Waals surface area contributed by atoms with Gasteiger partial charge in [-0.25, -0.2) is 0 Å². The van der Waals surface area contributed by atoms with Crippen LogP contribution >= 0.6 is 0 Å². The molecule has 29 heavy (non-hydrogen) atoms. The van der Waals surface area contributed by atoms with Gasteiger partial charge in [-0.1, -0.05) is 139 Å². The van der Waals surface area contributed by atoms with Crippen molar-refractivity contribution in [1.29, 1.82) is 0 Å². The van der Waals surface area contributed by atoms with E-state index in [1.807, 2.05) is 12.2 Å². The van der Waals surface area contributed by atoms with Crippen molar-refractivity contribution in [3.05, 3.63) is 145 Å². The van der Waals surface area contributed by atoms with E-state index in [4.69, 9.17) is 0 Å². The van der Waals surface area contributed by atoms with Crippen LogP contribution in [0.2, 0.25) is 0 Å². The molecule has 2 rings (SSSR count). The molecule has 0 aliphatic heterocycles.